The predicted molar refractivity (Wildman–Crippen MR) is 75.5 cm³/mol. The lowest BCUT2D eigenvalue weighted by molar-refractivity contribution is 0.488. The third kappa shape index (κ3) is 2.18. The maximum absolute atomic E-state index is 5.89. The molecule has 0 N–H and O–H groups in total. The first kappa shape index (κ1) is 11.1. The van der Waals surface area contributed by atoms with Crippen LogP contribution in [0.3, 0.4) is 0 Å². The van der Waals surface area contributed by atoms with Crippen molar-refractivity contribution in [1.29, 1.82) is 0 Å². The van der Waals surface area contributed by atoms with Gasteiger partial charge in [0.1, 0.15) is 11.5 Å². The zero-order valence-corrected chi connectivity index (χ0v) is 10.4. The highest BCUT2D eigenvalue weighted by molar-refractivity contribution is 6.30. The molecule has 0 saturated carbocycles. The van der Waals surface area contributed by atoms with Crippen LogP contribution in [0.2, 0.25) is 5.02 Å². The van der Waals surface area contributed by atoms with E-state index in [0.717, 1.165) is 16.9 Å². The van der Waals surface area contributed by atoms with E-state index in [1.165, 1.54) is 5.39 Å². The Morgan fingerprint density at radius 2 is 1.44 bits per heavy atom. The third-order valence-electron chi connectivity index (χ3n) is 2.79. The maximum atomic E-state index is 5.89. The van der Waals surface area contributed by atoms with Crippen LogP contribution in [-0.2, 0) is 0 Å². The van der Waals surface area contributed by atoms with E-state index in [1.54, 1.807) is 0 Å². The topological polar surface area (TPSA) is 9.23 Å². The minimum absolute atomic E-state index is 0.709. The minimum Gasteiger partial charge on any atom is -0.457 e. The molecular weight excluding hydrogens is 244 g/mol. The smallest absolute Gasteiger partial charge is 0.135 e. The summed E-state index contributed by atoms with van der Waals surface area (Å²) in [5, 5.41) is 2.99. The summed E-state index contributed by atoms with van der Waals surface area (Å²) in [6.45, 7) is 0. The van der Waals surface area contributed by atoms with Gasteiger partial charge in [-0.1, -0.05) is 48.0 Å². The molecular formula is C16H11ClO. The SMILES string of the molecule is Clc1ccc(Oc2cccc3ccccc23)cc1. The van der Waals surface area contributed by atoms with Gasteiger partial charge < -0.3 is 4.74 Å². The Kier molecular flexibility index (Phi) is 2.91. The fourth-order valence-corrected chi connectivity index (χ4v) is 2.04. The van der Waals surface area contributed by atoms with Crippen molar-refractivity contribution in [1.82, 2.24) is 0 Å². The number of rotatable bonds is 2. The molecule has 0 fully saturated rings. The van der Waals surface area contributed by atoms with E-state index in [-0.39, 0.29) is 0 Å². The fraction of sp³-hybridized carbons (Fsp3) is 0. The zero-order valence-electron chi connectivity index (χ0n) is 9.64. The second-order valence-electron chi connectivity index (χ2n) is 4.03. The first-order chi connectivity index (χ1) is 8.83. The lowest BCUT2D eigenvalue weighted by Gasteiger charge is -2.08. The zero-order chi connectivity index (χ0) is 12.4. The van der Waals surface area contributed by atoms with Crippen LogP contribution < -0.4 is 4.74 Å². The Morgan fingerprint density at radius 3 is 2.28 bits per heavy atom. The second-order valence-corrected chi connectivity index (χ2v) is 4.47. The number of benzene rings is 3. The standard InChI is InChI=1S/C16H11ClO/c17-13-8-10-14(11-9-13)18-16-7-3-5-12-4-1-2-6-15(12)16/h1-11H. The highest BCUT2D eigenvalue weighted by Crippen LogP contribution is 2.30. The largest absolute Gasteiger partial charge is 0.457 e. The average Bonchev–Trinajstić information content (AvgIpc) is 2.42. The lowest BCUT2D eigenvalue weighted by Crippen LogP contribution is -1.85. The van der Waals surface area contributed by atoms with Gasteiger partial charge in [-0.3, -0.25) is 0 Å². The number of hydrogen-bond acceptors (Lipinski definition) is 1. The number of ether oxygens (including phenoxy) is 1. The maximum Gasteiger partial charge on any atom is 0.135 e. The highest BCUT2D eigenvalue weighted by atomic mass is 35.5. The minimum atomic E-state index is 0.709. The normalized spacial score (nSPS) is 10.5. The lowest BCUT2D eigenvalue weighted by atomic mass is 10.1. The van der Waals surface area contributed by atoms with E-state index in [1.807, 2.05) is 48.5 Å². The van der Waals surface area contributed by atoms with Gasteiger partial charge in [-0.25, -0.2) is 0 Å². The van der Waals surface area contributed by atoms with Crippen LogP contribution in [0.4, 0.5) is 0 Å². The molecule has 0 unspecified atom stereocenters. The summed E-state index contributed by atoms with van der Waals surface area (Å²) >= 11 is 5.85. The molecule has 0 atom stereocenters. The monoisotopic (exact) mass is 254 g/mol. The van der Waals surface area contributed by atoms with Crippen LogP contribution in [0.5, 0.6) is 11.5 Å². The molecule has 3 rings (SSSR count). The highest BCUT2D eigenvalue weighted by Gasteiger charge is 2.02. The van der Waals surface area contributed by atoms with E-state index < -0.39 is 0 Å². The molecule has 0 saturated heterocycles. The van der Waals surface area contributed by atoms with Gasteiger partial charge in [0.2, 0.25) is 0 Å². The molecule has 88 valence electrons. The van der Waals surface area contributed by atoms with Gasteiger partial charge in [-0.2, -0.15) is 0 Å². The first-order valence-corrected chi connectivity index (χ1v) is 6.12. The molecule has 0 aliphatic rings. The quantitative estimate of drug-likeness (QED) is 0.604. The average molecular weight is 255 g/mol. The summed E-state index contributed by atoms with van der Waals surface area (Å²) in [5.41, 5.74) is 0. The third-order valence-corrected chi connectivity index (χ3v) is 3.04. The van der Waals surface area contributed by atoms with Crippen LogP contribution in [0.15, 0.2) is 66.7 Å². The molecule has 0 aliphatic carbocycles. The van der Waals surface area contributed by atoms with E-state index in [4.69, 9.17) is 16.3 Å². The molecule has 18 heavy (non-hydrogen) atoms. The summed E-state index contributed by atoms with van der Waals surface area (Å²) in [6, 6.07) is 21.6. The van der Waals surface area contributed by atoms with Crippen LogP contribution >= 0.6 is 11.6 Å². The number of hydrogen-bond donors (Lipinski definition) is 0. The molecule has 0 bridgehead atoms. The first-order valence-electron chi connectivity index (χ1n) is 5.74. The summed E-state index contributed by atoms with van der Waals surface area (Å²) in [7, 11) is 0. The van der Waals surface area contributed by atoms with Gasteiger partial charge in [0.25, 0.3) is 0 Å². The molecule has 3 aromatic rings. The Balaban J connectivity index is 2.02. The predicted octanol–water partition coefficient (Wildman–Crippen LogP) is 5.29. The van der Waals surface area contributed by atoms with Crippen LogP contribution in [-0.4, -0.2) is 0 Å². The summed E-state index contributed by atoms with van der Waals surface area (Å²) in [4.78, 5) is 0. The Morgan fingerprint density at radius 1 is 0.722 bits per heavy atom. The van der Waals surface area contributed by atoms with Crippen LogP contribution in [0.1, 0.15) is 0 Å². The molecule has 0 heterocycles. The molecule has 0 radical (unpaired) electrons. The molecule has 0 spiro atoms. The number of fused-ring (bicyclic) bond motifs is 1. The van der Waals surface area contributed by atoms with Crippen molar-refractivity contribution < 1.29 is 4.74 Å². The molecule has 0 aromatic heterocycles. The molecule has 2 heteroatoms. The molecule has 3 aromatic carbocycles. The van der Waals surface area contributed by atoms with Gasteiger partial charge in [-0.15, -0.1) is 0 Å². The molecule has 1 nitrogen and oxygen atoms in total. The van der Waals surface area contributed by atoms with Crippen molar-refractivity contribution >= 4 is 22.4 Å². The van der Waals surface area contributed by atoms with Gasteiger partial charge in [0.15, 0.2) is 0 Å². The van der Waals surface area contributed by atoms with E-state index in [0.29, 0.717) is 5.02 Å². The van der Waals surface area contributed by atoms with E-state index in [2.05, 4.69) is 18.2 Å². The van der Waals surface area contributed by atoms with Crippen molar-refractivity contribution in [2.75, 3.05) is 0 Å². The van der Waals surface area contributed by atoms with Gasteiger partial charge in [-0.05, 0) is 35.7 Å². The van der Waals surface area contributed by atoms with Gasteiger partial charge in [0.05, 0.1) is 0 Å². The second kappa shape index (κ2) is 4.71. The van der Waals surface area contributed by atoms with Crippen molar-refractivity contribution in [3.05, 3.63) is 71.8 Å². The van der Waals surface area contributed by atoms with Crippen molar-refractivity contribution in [3.63, 3.8) is 0 Å². The van der Waals surface area contributed by atoms with Crippen LogP contribution in [0, 0.1) is 0 Å². The van der Waals surface area contributed by atoms with Crippen molar-refractivity contribution in [2.24, 2.45) is 0 Å². The summed E-state index contributed by atoms with van der Waals surface area (Å²) < 4.78 is 5.89. The summed E-state index contributed by atoms with van der Waals surface area (Å²) in [6.07, 6.45) is 0. The Labute approximate surface area is 111 Å². The Hall–Kier alpha value is -1.99. The van der Waals surface area contributed by atoms with Crippen molar-refractivity contribution in [2.45, 2.75) is 0 Å². The van der Waals surface area contributed by atoms with E-state index in [9.17, 15) is 0 Å². The van der Waals surface area contributed by atoms with Gasteiger partial charge >= 0.3 is 0 Å². The Bertz CT molecular complexity index is 669. The van der Waals surface area contributed by atoms with Gasteiger partial charge in [0, 0.05) is 10.4 Å². The van der Waals surface area contributed by atoms with E-state index >= 15 is 0 Å². The van der Waals surface area contributed by atoms with Crippen LogP contribution in [0.25, 0.3) is 10.8 Å². The van der Waals surface area contributed by atoms with Crippen molar-refractivity contribution in [3.8, 4) is 11.5 Å². The fourth-order valence-electron chi connectivity index (χ4n) is 1.91. The molecule has 0 aliphatic heterocycles. The number of halogens is 1. The molecule has 0 amide bonds. The summed E-state index contributed by atoms with van der Waals surface area (Å²) in [5.74, 6) is 1.64.